The number of hydrogen-bond donors (Lipinski definition) is 0. The summed E-state index contributed by atoms with van der Waals surface area (Å²) >= 11 is 0. The summed E-state index contributed by atoms with van der Waals surface area (Å²) in [5.41, 5.74) is 0.440. The minimum atomic E-state index is -0.594. The van der Waals surface area contributed by atoms with Gasteiger partial charge in [-0.3, -0.25) is 0 Å². The molecule has 4 heteroatoms. The van der Waals surface area contributed by atoms with Crippen LogP contribution in [0.1, 0.15) is 13.8 Å². The monoisotopic (exact) mass is 224 g/mol. The molecule has 0 unspecified atom stereocenters. The number of benzene rings is 1. The molecule has 0 fully saturated rings. The number of aromatic nitrogens is 2. The van der Waals surface area contributed by atoms with Crippen LogP contribution < -0.4 is 0 Å². The lowest BCUT2D eigenvalue weighted by molar-refractivity contribution is 0.584. The molecule has 0 saturated carbocycles. The van der Waals surface area contributed by atoms with Crippen LogP contribution >= 0.6 is 0 Å². The summed E-state index contributed by atoms with van der Waals surface area (Å²) < 4.78 is 27.5. The maximum absolute atomic E-state index is 12.9. The van der Waals surface area contributed by atoms with E-state index in [0.29, 0.717) is 11.4 Å². The smallest absolute Gasteiger partial charge is 0.139 e. The second-order valence-corrected chi connectivity index (χ2v) is 3.02. The second kappa shape index (κ2) is 5.39. The maximum atomic E-state index is 12.9. The first kappa shape index (κ1) is 12.4. The first-order valence-electron chi connectivity index (χ1n) is 5.10. The molecular weight excluding hydrogens is 210 g/mol. The quantitative estimate of drug-likeness (QED) is 0.726. The third-order valence-corrected chi connectivity index (χ3v) is 1.94. The molecule has 2 nitrogen and oxygen atoms in total. The van der Waals surface area contributed by atoms with Gasteiger partial charge in [0.05, 0.1) is 0 Å². The minimum Gasteiger partial charge on any atom is -0.334 e. The van der Waals surface area contributed by atoms with E-state index < -0.39 is 11.6 Å². The van der Waals surface area contributed by atoms with Crippen LogP contribution in [0.5, 0.6) is 0 Å². The zero-order valence-corrected chi connectivity index (χ0v) is 9.54. The molecule has 0 N–H and O–H groups in total. The molecule has 1 heterocycles. The normalized spacial score (nSPS) is 9.56. The van der Waals surface area contributed by atoms with Crippen LogP contribution in [0.25, 0.3) is 11.4 Å². The van der Waals surface area contributed by atoms with Crippen molar-refractivity contribution in [3.8, 4) is 11.4 Å². The summed E-state index contributed by atoms with van der Waals surface area (Å²) in [5, 5.41) is 0. The highest BCUT2D eigenvalue weighted by Gasteiger charge is 2.06. The fourth-order valence-corrected chi connectivity index (χ4v) is 1.33. The van der Waals surface area contributed by atoms with E-state index in [0.717, 1.165) is 6.07 Å². The molecule has 0 aliphatic rings. The van der Waals surface area contributed by atoms with Crippen LogP contribution in [0.3, 0.4) is 0 Å². The number of halogens is 2. The molecule has 2 rings (SSSR count). The molecule has 0 atom stereocenters. The van der Waals surface area contributed by atoms with Crippen molar-refractivity contribution in [1.29, 1.82) is 0 Å². The average molecular weight is 224 g/mol. The van der Waals surface area contributed by atoms with Gasteiger partial charge < -0.3 is 4.57 Å². The van der Waals surface area contributed by atoms with E-state index in [9.17, 15) is 8.78 Å². The Hall–Kier alpha value is -1.71. The standard InChI is InChI=1S/C10H8F2N2.C2H6/c1-14-3-2-13-10(14)7-4-8(11)6-9(12)5-7;1-2/h2-6H,1H3;1-2H3. The minimum absolute atomic E-state index is 0.440. The Kier molecular flexibility index (Phi) is 4.17. The number of rotatable bonds is 1. The number of imidazole rings is 1. The van der Waals surface area contributed by atoms with Gasteiger partial charge in [0, 0.05) is 31.1 Å². The fraction of sp³-hybridized carbons (Fsp3) is 0.250. The van der Waals surface area contributed by atoms with Gasteiger partial charge >= 0.3 is 0 Å². The zero-order valence-electron chi connectivity index (χ0n) is 9.54. The Morgan fingerprint density at radius 1 is 1.06 bits per heavy atom. The summed E-state index contributed by atoms with van der Waals surface area (Å²) in [6, 6.07) is 3.35. The lowest BCUT2D eigenvalue weighted by Crippen LogP contribution is -1.92. The molecular formula is C12H14F2N2. The Balaban J connectivity index is 0.000000606. The lowest BCUT2D eigenvalue weighted by Gasteiger charge is -2.01. The molecule has 0 aliphatic heterocycles. The molecule has 16 heavy (non-hydrogen) atoms. The van der Waals surface area contributed by atoms with Gasteiger partial charge in [0.1, 0.15) is 17.5 Å². The summed E-state index contributed by atoms with van der Waals surface area (Å²) in [5.74, 6) is -0.644. The van der Waals surface area contributed by atoms with Crippen LogP contribution in [0.4, 0.5) is 8.78 Å². The molecule has 0 bridgehead atoms. The summed E-state index contributed by atoms with van der Waals surface area (Å²) in [7, 11) is 1.77. The van der Waals surface area contributed by atoms with Gasteiger partial charge in [-0.05, 0) is 12.1 Å². The number of hydrogen-bond acceptors (Lipinski definition) is 1. The highest BCUT2D eigenvalue weighted by Crippen LogP contribution is 2.18. The van der Waals surface area contributed by atoms with Crippen LogP contribution in [0, 0.1) is 11.6 Å². The predicted molar refractivity (Wildman–Crippen MR) is 59.9 cm³/mol. The van der Waals surface area contributed by atoms with E-state index in [1.165, 1.54) is 12.1 Å². The maximum Gasteiger partial charge on any atom is 0.139 e. The van der Waals surface area contributed by atoms with Crippen molar-refractivity contribution < 1.29 is 8.78 Å². The largest absolute Gasteiger partial charge is 0.334 e. The zero-order chi connectivity index (χ0) is 12.1. The van der Waals surface area contributed by atoms with Crippen molar-refractivity contribution in [2.24, 2.45) is 7.05 Å². The molecule has 2 aromatic rings. The Labute approximate surface area is 93.6 Å². The van der Waals surface area contributed by atoms with Gasteiger partial charge in [0.15, 0.2) is 0 Å². The van der Waals surface area contributed by atoms with Gasteiger partial charge in [-0.2, -0.15) is 0 Å². The molecule has 1 aromatic carbocycles. The van der Waals surface area contributed by atoms with Gasteiger partial charge in [-0.1, -0.05) is 13.8 Å². The summed E-state index contributed by atoms with van der Waals surface area (Å²) in [4.78, 5) is 4.00. The molecule has 0 saturated heterocycles. The van der Waals surface area contributed by atoms with Crippen molar-refractivity contribution in [2.45, 2.75) is 13.8 Å². The lowest BCUT2D eigenvalue weighted by atomic mass is 10.2. The average Bonchev–Trinajstić information content (AvgIpc) is 2.66. The van der Waals surface area contributed by atoms with Crippen molar-refractivity contribution >= 4 is 0 Å². The highest BCUT2D eigenvalue weighted by atomic mass is 19.1. The summed E-state index contributed by atoms with van der Waals surface area (Å²) in [6.45, 7) is 4.00. The Morgan fingerprint density at radius 2 is 1.62 bits per heavy atom. The number of nitrogens with zero attached hydrogens (tertiary/aromatic N) is 2. The Morgan fingerprint density at radius 3 is 2.06 bits per heavy atom. The molecule has 0 aliphatic carbocycles. The van der Waals surface area contributed by atoms with Crippen LogP contribution in [0.2, 0.25) is 0 Å². The van der Waals surface area contributed by atoms with Gasteiger partial charge in [-0.25, -0.2) is 13.8 Å². The molecule has 0 radical (unpaired) electrons. The van der Waals surface area contributed by atoms with Gasteiger partial charge in [0.25, 0.3) is 0 Å². The van der Waals surface area contributed by atoms with Crippen LogP contribution in [0.15, 0.2) is 30.6 Å². The number of aryl methyl sites for hydroxylation is 1. The van der Waals surface area contributed by atoms with Crippen molar-refractivity contribution in [3.05, 3.63) is 42.2 Å². The highest BCUT2D eigenvalue weighted by molar-refractivity contribution is 5.55. The first-order valence-corrected chi connectivity index (χ1v) is 5.10. The first-order chi connectivity index (χ1) is 7.66. The van der Waals surface area contributed by atoms with Crippen molar-refractivity contribution in [1.82, 2.24) is 9.55 Å². The summed E-state index contributed by atoms with van der Waals surface area (Å²) in [6.07, 6.45) is 3.30. The molecule has 86 valence electrons. The third-order valence-electron chi connectivity index (χ3n) is 1.94. The third kappa shape index (κ3) is 2.66. The van der Waals surface area contributed by atoms with E-state index in [1.807, 2.05) is 13.8 Å². The Bertz CT molecular complexity index is 444. The van der Waals surface area contributed by atoms with E-state index in [4.69, 9.17) is 0 Å². The predicted octanol–water partition coefficient (Wildman–Crippen LogP) is 3.39. The van der Waals surface area contributed by atoms with Gasteiger partial charge in [-0.15, -0.1) is 0 Å². The van der Waals surface area contributed by atoms with Crippen molar-refractivity contribution in [3.63, 3.8) is 0 Å². The second-order valence-electron chi connectivity index (χ2n) is 3.02. The fourth-order valence-electron chi connectivity index (χ4n) is 1.33. The molecule has 0 spiro atoms. The van der Waals surface area contributed by atoms with E-state index in [2.05, 4.69) is 4.98 Å². The topological polar surface area (TPSA) is 17.8 Å². The van der Waals surface area contributed by atoms with Crippen LogP contribution in [-0.4, -0.2) is 9.55 Å². The van der Waals surface area contributed by atoms with Crippen LogP contribution in [-0.2, 0) is 7.05 Å². The molecule has 1 aromatic heterocycles. The van der Waals surface area contributed by atoms with E-state index >= 15 is 0 Å². The molecule has 0 amide bonds. The van der Waals surface area contributed by atoms with Gasteiger partial charge in [0.2, 0.25) is 0 Å². The van der Waals surface area contributed by atoms with Crippen molar-refractivity contribution in [2.75, 3.05) is 0 Å². The SMILES string of the molecule is CC.Cn1ccnc1-c1cc(F)cc(F)c1. The van der Waals surface area contributed by atoms with E-state index in [1.54, 1.807) is 24.0 Å². The van der Waals surface area contributed by atoms with E-state index in [-0.39, 0.29) is 0 Å².